The Morgan fingerprint density at radius 1 is 1.00 bits per heavy atom. The normalized spacial score (nSPS) is 14.4. The molecule has 0 aromatic heterocycles. The molecule has 0 aromatic carbocycles. The van der Waals surface area contributed by atoms with E-state index in [1.54, 1.807) is 0 Å². The van der Waals surface area contributed by atoms with Gasteiger partial charge in [-0.25, -0.2) is 0 Å². The van der Waals surface area contributed by atoms with E-state index in [-0.39, 0.29) is 18.8 Å². The van der Waals surface area contributed by atoms with Gasteiger partial charge in [0, 0.05) is 12.8 Å². The van der Waals surface area contributed by atoms with Crippen LogP contribution in [0, 0.1) is 11.8 Å². The van der Waals surface area contributed by atoms with E-state index < -0.39 is 11.9 Å². The molecule has 0 amide bonds. The monoisotopic (exact) mass is 230 g/mol. The Kier molecular flexibility index (Phi) is 7.60. The zero-order valence-corrected chi connectivity index (χ0v) is 10.1. The fourth-order valence-corrected chi connectivity index (χ4v) is 2.16. The highest BCUT2D eigenvalue weighted by molar-refractivity contribution is 5.67. The third-order valence-corrected chi connectivity index (χ3v) is 3.12. The number of carbonyl (C=O) groups is 2. The minimum absolute atomic E-state index is 0.177. The molecule has 0 saturated heterocycles. The van der Waals surface area contributed by atoms with Crippen LogP contribution in [0.15, 0.2) is 0 Å². The van der Waals surface area contributed by atoms with Gasteiger partial charge >= 0.3 is 11.9 Å². The molecule has 0 aliphatic rings. The molecule has 4 heteroatoms. The van der Waals surface area contributed by atoms with Crippen LogP contribution in [0.25, 0.3) is 0 Å². The molecule has 0 rings (SSSR count). The van der Waals surface area contributed by atoms with Gasteiger partial charge in [0.25, 0.3) is 0 Å². The van der Waals surface area contributed by atoms with E-state index in [1.165, 1.54) is 0 Å². The fraction of sp³-hybridized carbons (Fsp3) is 0.833. The van der Waals surface area contributed by atoms with Crippen LogP contribution in [0.4, 0.5) is 0 Å². The van der Waals surface area contributed by atoms with Crippen molar-refractivity contribution in [2.75, 3.05) is 0 Å². The van der Waals surface area contributed by atoms with Gasteiger partial charge < -0.3 is 10.2 Å². The van der Waals surface area contributed by atoms with Gasteiger partial charge in [-0.3, -0.25) is 9.59 Å². The second kappa shape index (κ2) is 8.13. The molecule has 94 valence electrons. The Morgan fingerprint density at radius 2 is 1.56 bits per heavy atom. The van der Waals surface area contributed by atoms with Gasteiger partial charge in [0.15, 0.2) is 0 Å². The SMILES string of the molecule is CCC(CCCC(=O)O)C(CC)CC(=O)O. The largest absolute Gasteiger partial charge is 0.481 e. The summed E-state index contributed by atoms with van der Waals surface area (Å²) in [5, 5.41) is 17.3. The van der Waals surface area contributed by atoms with Gasteiger partial charge in [0.2, 0.25) is 0 Å². The predicted octanol–water partition coefficient (Wildman–Crippen LogP) is 2.77. The molecule has 2 atom stereocenters. The minimum Gasteiger partial charge on any atom is -0.481 e. The smallest absolute Gasteiger partial charge is 0.303 e. The van der Waals surface area contributed by atoms with Crippen LogP contribution in [0.1, 0.15) is 52.4 Å². The summed E-state index contributed by atoms with van der Waals surface area (Å²) in [6, 6.07) is 0. The number of hydrogen-bond donors (Lipinski definition) is 2. The molecule has 16 heavy (non-hydrogen) atoms. The van der Waals surface area contributed by atoms with Crippen LogP contribution < -0.4 is 0 Å². The quantitative estimate of drug-likeness (QED) is 0.638. The van der Waals surface area contributed by atoms with Crippen LogP contribution in [0.5, 0.6) is 0 Å². The molecule has 0 radical (unpaired) electrons. The Labute approximate surface area is 96.7 Å². The van der Waals surface area contributed by atoms with Crippen molar-refractivity contribution in [2.24, 2.45) is 11.8 Å². The van der Waals surface area contributed by atoms with Crippen LogP contribution in [-0.4, -0.2) is 22.2 Å². The Morgan fingerprint density at radius 3 is 1.94 bits per heavy atom. The zero-order valence-electron chi connectivity index (χ0n) is 10.1. The van der Waals surface area contributed by atoms with Crippen molar-refractivity contribution in [1.82, 2.24) is 0 Å². The van der Waals surface area contributed by atoms with Crippen molar-refractivity contribution in [3.05, 3.63) is 0 Å². The average molecular weight is 230 g/mol. The first kappa shape index (κ1) is 14.9. The van der Waals surface area contributed by atoms with E-state index in [4.69, 9.17) is 10.2 Å². The lowest BCUT2D eigenvalue weighted by Gasteiger charge is -2.23. The third-order valence-electron chi connectivity index (χ3n) is 3.12. The lowest BCUT2D eigenvalue weighted by Crippen LogP contribution is -2.17. The lowest BCUT2D eigenvalue weighted by molar-refractivity contribution is -0.139. The number of carboxylic acid groups (broad SMARTS) is 2. The highest BCUT2D eigenvalue weighted by Crippen LogP contribution is 2.27. The van der Waals surface area contributed by atoms with Crippen LogP contribution in [0.2, 0.25) is 0 Å². The van der Waals surface area contributed by atoms with Crippen molar-refractivity contribution in [3.63, 3.8) is 0 Å². The van der Waals surface area contributed by atoms with Crippen molar-refractivity contribution in [3.8, 4) is 0 Å². The van der Waals surface area contributed by atoms with Crippen molar-refractivity contribution in [2.45, 2.75) is 52.4 Å². The van der Waals surface area contributed by atoms with Gasteiger partial charge in [0.05, 0.1) is 0 Å². The molecular weight excluding hydrogens is 208 g/mol. The van der Waals surface area contributed by atoms with Crippen LogP contribution in [-0.2, 0) is 9.59 Å². The molecule has 0 saturated carbocycles. The summed E-state index contributed by atoms with van der Waals surface area (Å²) in [4.78, 5) is 21.1. The summed E-state index contributed by atoms with van der Waals surface area (Å²) in [5.41, 5.74) is 0. The molecule has 0 heterocycles. The highest BCUT2D eigenvalue weighted by Gasteiger charge is 2.20. The molecular formula is C12H22O4. The van der Waals surface area contributed by atoms with Crippen molar-refractivity contribution < 1.29 is 19.8 Å². The molecule has 0 aliphatic heterocycles. The van der Waals surface area contributed by atoms with Gasteiger partial charge in [-0.1, -0.05) is 26.7 Å². The van der Waals surface area contributed by atoms with Gasteiger partial charge in [-0.15, -0.1) is 0 Å². The molecule has 0 spiro atoms. The van der Waals surface area contributed by atoms with E-state index >= 15 is 0 Å². The van der Waals surface area contributed by atoms with Crippen molar-refractivity contribution >= 4 is 11.9 Å². The second-order valence-corrected chi connectivity index (χ2v) is 4.22. The Balaban J connectivity index is 4.10. The van der Waals surface area contributed by atoms with E-state index in [0.29, 0.717) is 12.3 Å². The van der Waals surface area contributed by atoms with Crippen LogP contribution in [0.3, 0.4) is 0 Å². The van der Waals surface area contributed by atoms with Crippen LogP contribution >= 0.6 is 0 Å². The van der Waals surface area contributed by atoms with Gasteiger partial charge in [-0.2, -0.15) is 0 Å². The minimum atomic E-state index is -0.777. The number of rotatable bonds is 9. The van der Waals surface area contributed by atoms with E-state index in [0.717, 1.165) is 19.3 Å². The molecule has 4 nitrogen and oxygen atoms in total. The molecule has 0 bridgehead atoms. The summed E-state index contributed by atoms with van der Waals surface area (Å²) >= 11 is 0. The Bertz CT molecular complexity index is 225. The van der Waals surface area contributed by atoms with E-state index in [1.807, 2.05) is 13.8 Å². The lowest BCUT2D eigenvalue weighted by atomic mass is 9.82. The first-order valence-corrected chi connectivity index (χ1v) is 5.94. The number of hydrogen-bond acceptors (Lipinski definition) is 2. The predicted molar refractivity (Wildman–Crippen MR) is 61.3 cm³/mol. The number of carboxylic acids is 2. The maximum atomic E-state index is 10.7. The summed E-state index contributed by atoms with van der Waals surface area (Å²) in [5.74, 6) is -1.03. The second-order valence-electron chi connectivity index (χ2n) is 4.22. The third kappa shape index (κ3) is 6.43. The van der Waals surface area contributed by atoms with E-state index in [2.05, 4.69) is 0 Å². The summed E-state index contributed by atoms with van der Waals surface area (Å²) in [6.07, 6.45) is 3.60. The first-order valence-electron chi connectivity index (χ1n) is 5.94. The molecule has 2 N–H and O–H groups in total. The van der Waals surface area contributed by atoms with Crippen molar-refractivity contribution in [1.29, 1.82) is 0 Å². The van der Waals surface area contributed by atoms with Gasteiger partial charge in [0.1, 0.15) is 0 Å². The fourth-order valence-electron chi connectivity index (χ4n) is 2.16. The van der Waals surface area contributed by atoms with Gasteiger partial charge in [-0.05, 0) is 24.7 Å². The zero-order chi connectivity index (χ0) is 12.6. The standard InChI is InChI=1S/C12H22O4/c1-3-9(6-5-7-11(13)14)10(4-2)8-12(15)16/h9-10H,3-8H2,1-2H3,(H,13,14)(H,15,16). The number of aliphatic carboxylic acids is 2. The summed E-state index contributed by atoms with van der Waals surface area (Å²) in [7, 11) is 0. The summed E-state index contributed by atoms with van der Waals surface area (Å²) in [6.45, 7) is 4.03. The summed E-state index contributed by atoms with van der Waals surface area (Å²) < 4.78 is 0. The molecule has 0 aromatic rings. The molecule has 0 fully saturated rings. The molecule has 2 unspecified atom stereocenters. The highest BCUT2D eigenvalue weighted by atomic mass is 16.4. The maximum Gasteiger partial charge on any atom is 0.303 e. The molecule has 0 aliphatic carbocycles. The maximum absolute atomic E-state index is 10.7. The topological polar surface area (TPSA) is 74.6 Å². The first-order chi connectivity index (χ1) is 7.51. The average Bonchev–Trinajstić information content (AvgIpc) is 2.21. The Hall–Kier alpha value is -1.06. The van der Waals surface area contributed by atoms with E-state index in [9.17, 15) is 9.59 Å².